The minimum absolute atomic E-state index is 0.202. The maximum Gasteiger partial charge on any atom is 0.265 e. The van der Waals surface area contributed by atoms with Crippen molar-refractivity contribution in [2.75, 3.05) is 36.5 Å². The minimum Gasteiger partial charge on any atom is -0.481 e. The van der Waals surface area contributed by atoms with Gasteiger partial charge in [0, 0.05) is 36.6 Å². The highest BCUT2D eigenvalue weighted by Gasteiger charge is 2.17. The number of morpholine rings is 1. The topological polar surface area (TPSA) is 79.9 Å². The van der Waals surface area contributed by atoms with E-state index in [-0.39, 0.29) is 11.8 Å². The van der Waals surface area contributed by atoms with Gasteiger partial charge in [0.05, 0.1) is 13.2 Å². The molecule has 2 N–H and O–H groups in total. The molecule has 0 aliphatic carbocycles. The van der Waals surface area contributed by atoms with Gasteiger partial charge in [0.2, 0.25) is 0 Å². The zero-order valence-electron chi connectivity index (χ0n) is 19.2. The molecule has 34 heavy (non-hydrogen) atoms. The summed E-state index contributed by atoms with van der Waals surface area (Å²) < 4.78 is 11.2. The number of amides is 2. The Hall–Kier alpha value is -3.84. The van der Waals surface area contributed by atoms with Gasteiger partial charge in [-0.3, -0.25) is 9.59 Å². The molecular weight excluding hydrogens is 430 g/mol. The highest BCUT2D eigenvalue weighted by Crippen LogP contribution is 2.20. The Bertz CT molecular complexity index is 1100. The number of rotatable bonds is 8. The molecule has 1 heterocycles. The summed E-state index contributed by atoms with van der Waals surface area (Å²) in [5.41, 5.74) is 3.30. The van der Waals surface area contributed by atoms with Gasteiger partial charge in [0.1, 0.15) is 5.75 Å². The summed E-state index contributed by atoms with van der Waals surface area (Å²) in [4.78, 5) is 27.4. The van der Waals surface area contributed by atoms with Crippen molar-refractivity contribution in [3.63, 3.8) is 0 Å². The van der Waals surface area contributed by atoms with Crippen LogP contribution in [-0.4, -0.2) is 44.2 Å². The second-order valence-corrected chi connectivity index (χ2v) is 8.09. The van der Waals surface area contributed by atoms with E-state index in [2.05, 4.69) is 15.5 Å². The van der Waals surface area contributed by atoms with Crippen molar-refractivity contribution in [2.24, 2.45) is 0 Å². The first-order valence-electron chi connectivity index (χ1n) is 11.4. The molecule has 0 bridgehead atoms. The summed E-state index contributed by atoms with van der Waals surface area (Å²) in [5.74, 6) is -0.0116. The predicted octanol–water partition coefficient (Wildman–Crippen LogP) is 3.86. The lowest BCUT2D eigenvalue weighted by molar-refractivity contribution is -0.122. The number of nitrogens with one attached hydrogen (secondary N) is 2. The number of ether oxygens (including phenoxy) is 2. The Morgan fingerprint density at radius 1 is 0.971 bits per heavy atom. The smallest absolute Gasteiger partial charge is 0.265 e. The summed E-state index contributed by atoms with van der Waals surface area (Å²) in [5, 5.41) is 5.78. The molecule has 3 aromatic carbocycles. The van der Waals surface area contributed by atoms with Crippen molar-refractivity contribution in [3.05, 3.63) is 90.0 Å². The van der Waals surface area contributed by atoms with Crippen LogP contribution >= 0.6 is 0 Å². The summed E-state index contributed by atoms with van der Waals surface area (Å²) >= 11 is 0. The highest BCUT2D eigenvalue weighted by molar-refractivity contribution is 5.95. The van der Waals surface area contributed by atoms with E-state index in [1.54, 1.807) is 31.2 Å². The van der Waals surface area contributed by atoms with Crippen molar-refractivity contribution in [1.82, 2.24) is 5.32 Å². The van der Waals surface area contributed by atoms with Crippen molar-refractivity contribution in [2.45, 2.75) is 19.6 Å². The number of hydrogen-bond acceptors (Lipinski definition) is 5. The first kappa shape index (κ1) is 23.3. The molecule has 0 spiro atoms. The zero-order chi connectivity index (χ0) is 23.8. The van der Waals surface area contributed by atoms with Gasteiger partial charge >= 0.3 is 0 Å². The van der Waals surface area contributed by atoms with Crippen LogP contribution in [0.25, 0.3) is 0 Å². The lowest BCUT2D eigenvalue weighted by Crippen LogP contribution is -2.36. The lowest BCUT2D eigenvalue weighted by Gasteiger charge is -2.29. The first-order valence-corrected chi connectivity index (χ1v) is 11.4. The molecule has 1 aliphatic rings. The third kappa shape index (κ3) is 6.36. The molecule has 7 nitrogen and oxygen atoms in total. The Balaban J connectivity index is 1.30. The van der Waals surface area contributed by atoms with Gasteiger partial charge in [-0.2, -0.15) is 0 Å². The van der Waals surface area contributed by atoms with E-state index in [4.69, 9.17) is 9.47 Å². The number of anilines is 2. The minimum atomic E-state index is -0.735. The molecule has 0 aromatic heterocycles. The van der Waals surface area contributed by atoms with Gasteiger partial charge in [-0.1, -0.05) is 36.4 Å². The molecule has 176 valence electrons. The van der Waals surface area contributed by atoms with Gasteiger partial charge in [0.25, 0.3) is 11.8 Å². The number of nitrogens with zero attached hydrogens (tertiary/aromatic N) is 1. The molecule has 1 unspecified atom stereocenters. The third-order valence-electron chi connectivity index (χ3n) is 5.59. The van der Waals surface area contributed by atoms with Crippen LogP contribution in [0.3, 0.4) is 0 Å². The summed E-state index contributed by atoms with van der Waals surface area (Å²) in [6.45, 7) is 5.29. The highest BCUT2D eigenvalue weighted by atomic mass is 16.5. The van der Waals surface area contributed by atoms with Crippen LogP contribution in [0, 0.1) is 0 Å². The maximum atomic E-state index is 12.6. The van der Waals surface area contributed by atoms with Crippen LogP contribution in [0.4, 0.5) is 11.4 Å². The molecular formula is C27H29N3O4. The molecule has 1 aliphatic heterocycles. The van der Waals surface area contributed by atoms with E-state index in [0.29, 0.717) is 23.5 Å². The second-order valence-electron chi connectivity index (χ2n) is 8.09. The first-order chi connectivity index (χ1) is 16.6. The van der Waals surface area contributed by atoms with Crippen molar-refractivity contribution in [3.8, 4) is 5.75 Å². The lowest BCUT2D eigenvalue weighted by atomic mass is 10.2. The molecule has 0 radical (unpaired) electrons. The third-order valence-corrected chi connectivity index (χ3v) is 5.59. The average molecular weight is 460 g/mol. The van der Waals surface area contributed by atoms with Crippen LogP contribution in [0.1, 0.15) is 22.8 Å². The van der Waals surface area contributed by atoms with Crippen LogP contribution in [0.2, 0.25) is 0 Å². The second kappa shape index (κ2) is 11.3. The fourth-order valence-corrected chi connectivity index (χ4v) is 3.67. The Morgan fingerprint density at radius 2 is 1.71 bits per heavy atom. The largest absolute Gasteiger partial charge is 0.481 e. The zero-order valence-corrected chi connectivity index (χ0v) is 19.2. The van der Waals surface area contributed by atoms with E-state index in [0.717, 1.165) is 37.6 Å². The number of hydrogen-bond donors (Lipinski definition) is 2. The summed E-state index contributed by atoms with van der Waals surface area (Å²) in [7, 11) is 0. The SMILES string of the molecule is CC(Oc1cccc(C(=O)NCc2ccccc2)c1)C(=O)Nc1ccc(N2CCOCC2)cc1. The van der Waals surface area contributed by atoms with Crippen LogP contribution in [0.5, 0.6) is 5.75 Å². The Labute approximate surface area is 199 Å². The Morgan fingerprint density at radius 3 is 2.44 bits per heavy atom. The summed E-state index contributed by atoms with van der Waals surface area (Å²) in [6.07, 6.45) is -0.735. The molecule has 1 saturated heterocycles. The molecule has 7 heteroatoms. The molecule has 3 aromatic rings. The molecule has 0 saturated carbocycles. The van der Waals surface area contributed by atoms with Crippen LogP contribution in [-0.2, 0) is 16.1 Å². The number of carbonyl (C=O) groups excluding carboxylic acids is 2. The average Bonchev–Trinajstić information content (AvgIpc) is 2.89. The van der Waals surface area contributed by atoms with E-state index < -0.39 is 6.10 Å². The predicted molar refractivity (Wildman–Crippen MR) is 132 cm³/mol. The van der Waals surface area contributed by atoms with Crippen molar-refractivity contribution >= 4 is 23.2 Å². The maximum absolute atomic E-state index is 12.6. The van der Waals surface area contributed by atoms with Gasteiger partial charge in [-0.25, -0.2) is 0 Å². The van der Waals surface area contributed by atoms with Gasteiger partial charge in [-0.05, 0) is 55.0 Å². The molecule has 2 amide bonds. The Kier molecular flexibility index (Phi) is 7.78. The van der Waals surface area contributed by atoms with Crippen LogP contribution in [0.15, 0.2) is 78.9 Å². The van der Waals surface area contributed by atoms with E-state index >= 15 is 0 Å². The van der Waals surface area contributed by atoms with Gasteiger partial charge in [0.15, 0.2) is 6.10 Å². The molecule has 1 atom stereocenters. The monoisotopic (exact) mass is 459 g/mol. The van der Waals surface area contributed by atoms with Gasteiger partial charge < -0.3 is 25.0 Å². The molecule has 4 rings (SSSR count). The van der Waals surface area contributed by atoms with E-state index in [9.17, 15) is 9.59 Å². The normalized spacial score (nSPS) is 14.2. The van der Waals surface area contributed by atoms with Crippen molar-refractivity contribution < 1.29 is 19.1 Å². The number of carbonyl (C=O) groups is 2. The van der Waals surface area contributed by atoms with Gasteiger partial charge in [-0.15, -0.1) is 0 Å². The van der Waals surface area contributed by atoms with Crippen molar-refractivity contribution in [1.29, 1.82) is 0 Å². The quantitative estimate of drug-likeness (QED) is 0.535. The summed E-state index contributed by atoms with van der Waals surface area (Å²) in [6, 6.07) is 24.3. The van der Waals surface area contributed by atoms with E-state index in [1.807, 2.05) is 54.6 Å². The van der Waals surface area contributed by atoms with E-state index in [1.165, 1.54) is 0 Å². The number of benzene rings is 3. The standard InChI is InChI=1S/C27H29N3O4/c1-20(26(31)29-23-10-12-24(13-11-23)30-14-16-33-17-15-30)34-25-9-5-8-22(18-25)27(32)28-19-21-6-3-2-4-7-21/h2-13,18,20H,14-17,19H2,1H3,(H,28,32)(H,29,31). The molecule has 1 fully saturated rings. The fourth-order valence-electron chi connectivity index (χ4n) is 3.67. The van der Waals surface area contributed by atoms with Crippen LogP contribution < -0.4 is 20.3 Å². The fraction of sp³-hybridized carbons (Fsp3) is 0.259.